The minimum absolute atomic E-state index is 0.131. The van der Waals surface area contributed by atoms with Crippen LogP contribution in [0.2, 0.25) is 0 Å². The maximum absolute atomic E-state index is 9.93. The van der Waals surface area contributed by atoms with Gasteiger partial charge in [-0.1, -0.05) is 34.1 Å². The third kappa shape index (κ3) is 1.98. The van der Waals surface area contributed by atoms with Crippen LogP contribution >= 0.6 is 15.9 Å². The molecule has 96 valence electrons. The Hall–Kier alpha value is -1.94. The predicted molar refractivity (Wildman–Crippen MR) is 79.7 cm³/mol. The number of ether oxygens (including phenoxy) is 1. The smallest absolute Gasteiger partial charge is 0.161 e. The zero-order chi connectivity index (χ0) is 13.4. The van der Waals surface area contributed by atoms with Crippen molar-refractivity contribution in [2.45, 2.75) is 0 Å². The highest BCUT2D eigenvalue weighted by Gasteiger charge is 2.13. The largest absolute Gasteiger partial charge is 0.504 e. The zero-order valence-electron chi connectivity index (χ0n) is 10.3. The fourth-order valence-electron chi connectivity index (χ4n) is 2.21. The topological polar surface area (TPSA) is 45.2 Å². The van der Waals surface area contributed by atoms with Crippen LogP contribution < -0.4 is 4.74 Å². The minimum Gasteiger partial charge on any atom is -0.504 e. The van der Waals surface area contributed by atoms with Crippen LogP contribution in [0.3, 0.4) is 0 Å². The molecule has 4 heteroatoms. The van der Waals surface area contributed by atoms with Crippen LogP contribution in [0.25, 0.3) is 22.0 Å². The number of benzene rings is 2. The van der Waals surface area contributed by atoms with E-state index in [1.165, 1.54) is 7.11 Å². The number of fused-ring (bicyclic) bond motifs is 1. The summed E-state index contributed by atoms with van der Waals surface area (Å²) in [7, 11) is 1.53. The average Bonchev–Trinajstić information content (AvgIpc) is 2.84. The summed E-state index contributed by atoms with van der Waals surface area (Å²) >= 11 is 3.52. The molecule has 0 aliphatic carbocycles. The maximum Gasteiger partial charge on any atom is 0.161 e. The lowest BCUT2D eigenvalue weighted by Crippen LogP contribution is -1.86. The average molecular weight is 318 g/mol. The van der Waals surface area contributed by atoms with Crippen molar-refractivity contribution in [3.63, 3.8) is 0 Å². The van der Waals surface area contributed by atoms with Gasteiger partial charge in [-0.15, -0.1) is 0 Å². The van der Waals surface area contributed by atoms with E-state index in [9.17, 15) is 5.11 Å². The number of H-pyrrole nitrogens is 1. The normalized spacial score (nSPS) is 10.8. The van der Waals surface area contributed by atoms with Crippen molar-refractivity contribution in [2.24, 2.45) is 0 Å². The van der Waals surface area contributed by atoms with E-state index in [0.29, 0.717) is 5.75 Å². The first-order chi connectivity index (χ1) is 9.20. The van der Waals surface area contributed by atoms with Gasteiger partial charge in [0.05, 0.1) is 7.11 Å². The Morgan fingerprint density at radius 1 is 1.16 bits per heavy atom. The molecule has 0 atom stereocenters. The van der Waals surface area contributed by atoms with E-state index in [1.807, 2.05) is 24.4 Å². The molecule has 2 N–H and O–H groups in total. The first-order valence-electron chi connectivity index (χ1n) is 5.83. The van der Waals surface area contributed by atoms with Gasteiger partial charge in [0.25, 0.3) is 0 Å². The summed E-state index contributed by atoms with van der Waals surface area (Å²) in [6.45, 7) is 0. The molecule has 3 rings (SSSR count). The number of para-hydroxylation sites is 1. The van der Waals surface area contributed by atoms with Crippen molar-refractivity contribution >= 4 is 26.8 Å². The van der Waals surface area contributed by atoms with E-state index in [1.54, 1.807) is 12.1 Å². The zero-order valence-corrected chi connectivity index (χ0v) is 11.9. The van der Waals surface area contributed by atoms with Crippen LogP contribution in [0.5, 0.6) is 11.5 Å². The van der Waals surface area contributed by atoms with Gasteiger partial charge in [0, 0.05) is 32.7 Å². The molecule has 19 heavy (non-hydrogen) atoms. The Morgan fingerprint density at radius 3 is 2.74 bits per heavy atom. The van der Waals surface area contributed by atoms with Crippen molar-refractivity contribution in [3.8, 4) is 22.6 Å². The van der Waals surface area contributed by atoms with E-state index in [2.05, 4.69) is 27.0 Å². The molecule has 2 aromatic carbocycles. The molecule has 1 aromatic heterocycles. The van der Waals surface area contributed by atoms with E-state index < -0.39 is 0 Å². The number of hydrogen-bond acceptors (Lipinski definition) is 2. The number of phenolic OH excluding ortho intramolecular Hbond substituents is 1. The van der Waals surface area contributed by atoms with E-state index in [-0.39, 0.29) is 5.75 Å². The summed E-state index contributed by atoms with van der Waals surface area (Å²) in [5.41, 5.74) is 3.04. The number of aromatic hydroxyl groups is 1. The standard InChI is InChI=1S/C15H12BrNO2/c1-19-15-7-12(16)10(6-14(15)18)11-8-17-13-5-3-2-4-9(11)13/h2-8,17-18H,1H3. The summed E-state index contributed by atoms with van der Waals surface area (Å²) in [6, 6.07) is 11.5. The number of halogens is 1. The summed E-state index contributed by atoms with van der Waals surface area (Å²) in [5.74, 6) is 0.585. The number of aromatic nitrogens is 1. The molecule has 0 bridgehead atoms. The molecule has 0 aliphatic heterocycles. The van der Waals surface area contributed by atoms with Crippen LogP contribution in [0.1, 0.15) is 0 Å². The summed E-state index contributed by atoms with van der Waals surface area (Å²) in [4.78, 5) is 3.23. The van der Waals surface area contributed by atoms with Gasteiger partial charge in [-0.3, -0.25) is 0 Å². The Kier molecular flexibility index (Phi) is 2.95. The molecule has 0 aliphatic rings. The van der Waals surface area contributed by atoms with E-state index >= 15 is 0 Å². The molecule has 1 heterocycles. The maximum atomic E-state index is 9.93. The second-order valence-electron chi connectivity index (χ2n) is 4.25. The lowest BCUT2D eigenvalue weighted by molar-refractivity contribution is 0.373. The molecule has 0 fully saturated rings. The number of rotatable bonds is 2. The molecule has 0 unspecified atom stereocenters. The first kappa shape index (κ1) is 12.1. The van der Waals surface area contributed by atoms with Gasteiger partial charge in [0.2, 0.25) is 0 Å². The monoisotopic (exact) mass is 317 g/mol. The second kappa shape index (κ2) is 4.63. The summed E-state index contributed by atoms with van der Waals surface area (Å²) in [5, 5.41) is 11.0. The third-order valence-electron chi connectivity index (χ3n) is 3.15. The van der Waals surface area contributed by atoms with Gasteiger partial charge in [-0.2, -0.15) is 0 Å². The van der Waals surface area contributed by atoms with Gasteiger partial charge in [-0.25, -0.2) is 0 Å². The highest BCUT2D eigenvalue weighted by atomic mass is 79.9. The number of phenols is 1. The molecule has 0 radical (unpaired) electrons. The van der Waals surface area contributed by atoms with Crippen molar-refractivity contribution < 1.29 is 9.84 Å². The molecule has 0 saturated carbocycles. The fourth-order valence-corrected chi connectivity index (χ4v) is 2.74. The number of aromatic amines is 1. The SMILES string of the molecule is COc1cc(Br)c(-c2c[nH]c3ccccc23)cc1O. The molecule has 0 amide bonds. The highest BCUT2D eigenvalue weighted by molar-refractivity contribution is 9.10. The van der Waals surface area contributed by atoms with Gasteiger partial charge < -0.3 is 14.8 Å². The molecule has 0 saturated heterocycles. The summed E-state index contributed by atoms with van der Waals surface area (Å²) in [6.07, 6.45) is 1.94. The molecule has 3 nitrogen and oxygen atoms in total. The van der Waals surface area contributed by atoms with E-state index in [4.69, 9.17) is 4.74 Å². The Morgan fingerprint density at radius 2 is 1.95 bits per heavy atom. The van der Waals surface area contributed by atoms with Gasteiger partial charge in [0.15, 0.2) is 11.5 Å². The van der Waals surface area contributed by atoms with Crippen LogP contribution in [0, 0.1) is 0 Å². The highest BCUT2D eigenvalue weighted by Crippen LogP contribution is 2.40. The lowest BCUT2D eigenvalue weighted by Gasteiger charge is -2.08. The van der Waals surface area contributed by atoms with Crippen LogP contribution in [0.4, 0.5) is 0 Å². The summed E-state index contributed by atoms with van der Waals surface area (Å²) < 4.78 is 5.98. The lowest BCUT2D eigenvalue weighted by atomic mass is 10.0. The second-order valence-corrected chi connectivity index (χ2v) is 5.11. The minimum atomic E-state index is 0.131. The molecule has 3 aromatic rings. The molecular formula is C15H12BrNO2. The number of hydrogen-bond donors (Lipinski definition) is 2. The van der Waals surface area contributed by atoms with Gasteiger partial charge in [-0.05, 0) is 18.2 Å². The Balaban J connectivity index is 2.24. The van der Waals surface area contributed by atoms with Crippen molar-refractivity contribution in [1.29, 1.82) is 0 Å². The van der Waals surface area contributed by atoms with Gasteiger partial charge >= 0.3 is 0 Å². The predicted octanol–water partition coefficient (Wildman–Crippen LogP) is 4.31. The van der Waals surface area contributed by atoms with Crippen LogP contribution in [-0.4, -0.2) is 17.2 Å². The first-order valence-corrected chi connectivity index (χ1v) is 6.63. The molecular weight excluding hydrogens is 306 g/mol. The molecule has 0 spiro atoms. The van der Waals surface area contributed by atoms with Gasteiger partial charge in [0.1, 0.15) is 0 Å². The van der Waals surface area contributed by atoms with Crippen molar-refractivity contribution in [1.82, 2.24) is 4.98 Å². The van der Waals surface area contributed by atoms with Crippen LogP contribution in [-0.2, 0) is 0 Å². The third-order valence-corrected chi connectivity index (χ3v) is 3.80. The Labute approximate surface area is 119 Å². The Bertz CT molecular complexity index is 749. The van der Waals surface area contributed by atoms with E-state index in [0.717, 1.165) is 26.5 Å². The van der Waals surface area contributed by atoms with Crippen LogP contribution in [0.15, 0.2) is 47.1 Å². The quantitative estimate of drug-likeness (QED) is 0.739. The fraction of sp³-hybridized carbons (Fsp3) is 0.0667. The van der Waals surface area contributed by atoms with Crippen molar-refractivity contribution in [3.05, 3.63) is 47.1 Å². The number of methoxy groups -OCH3 is 1. The number of nitrogens with one attached hydrogen (secondary N) is 1. The van der Waals surface area contributed by atoms with Crippen molar-refractivity contribution in [2.75, 3.05) is 7.11 Å².